The van der Waals surface area contributed by atoms with E-state index < -0.39 is 29.4 Å². The first-order chi connectivity index (χ1) is 10.2. The third-order valence-corrected chi connectivity index (χ3v) is 6.54. The van der Waals surface area contributed by atoms with E-state index in [2.05, 4.69) is 6.92 Å². The average molecular weight is 401 g/mol. The van der Waals surface area contributed by atoms with Gasteiger partial charge in [0.2, 0.25) is 0 Å². The number of aliphatic hydroxyl groups excluding tert-OH is 1. The predicted molar refractivity (Wildman–Crippen MR) is 93.6 cm³/mol. The van der Waals surface area contributed by atoms with Crippen LogP contribution in [-0.2, 0) is 0 Å². The van der Waals surface area contributed by atoms with E-state index in [0.29, 0.717) is 0 Å². The summed E-state index contributed by atoms with van der Waals surface area (Å²) in [6.07, 6.45) is 19.1. The van der Waals surface area contributed by atoms with Gasteiger partial charge in [-0.25, -0.2) is 0 Å². The van der Waals surface area contributed by atoms with Gasteiger partial charge in [-0.05, 0) is 0 Å². The molecule has 3 nitrogen and oxygen atoms in total. The first-order valence-corrected chi connectivity index (χ1v) is 13.1. The summed E-state index contributed by atoms with van der Waals surface area (Å²) in [7, 11) is 0. The standard InChI is InChI=1S/C17H34NO.In.H2O.H/c1-2-3-4-5-6-7-8-9-10-11-12-13-14-15-17(19)16-18;;;/h14-17,19H,2-13,18H2,1H3;;1H2;/q;+1;;/p-1/b15-14+;;;/t17-;;;/m1.../s1. The van der Waals surface area contributed by atoms with Gasteiger partial charge in [-0.3, -0.25) is 0 Å². The van der Waals surface area contributed by atoms with E-state index in [-0.39, 0.29) is 3.80 Å². The van der Waals surface area contributed by atoms with Crippen LogP contribution in [0.25, 0.3) is 0 Å². The van der Waals surface area contributed by atoms with Gasteiger partial charge in [0.1, 0.15) is 0 Å². The summed E-state index contributed by atoms with van der Waals surface area (Å²) in [5.74, 6) is 0. The quantitative estimate of drug-likeness (QED) is 0.292. The minimum atomic E-state index is -1.87. The maximum absolute atomic E-state index is 9.58. The molecule has 0 aliphatic carbocycles. The van der Waals surface area contributed by atoms with Gasteiger partial charge in [0, 0.05) is 0 Å². The van der Waals surface area contributed by atoms with Gasteiger partial charge in [-0.2, -0.15) is 0 Å². The third kappa shape index (κ3) is 15.2. The molecule has 0 amide bonds. The van der Waals surface area contributed by atoms with Gasteiger partial charge in [-0.1, -0.05) is 32.6 Å². The van der Waals surface area contributed by atoms with Gasteiger partial charge in [0.05, 0.1) is 0 Å². The fourth-order valence-corrected chi connectivity index (χ4v) is 3.48. The molecule has 0 aromatic heterocycles. The van der Waals surface area contributed by atoms with Crippen LogP contribution in [0.2, 0.25) is 0 Å². The first kappa shape index (κ1) is 21.5. The van der Waals surface area contributed by atoms with E-state index in [1.807, 2.05) is 6.08 Å². The molecule has 0 bridgehead atoms. The Bertz CT molecular complexity index is 237. The zero-order chi connectivity index (χ0) is 15.8. The zero-order valence-electron chi connectivity index (χ0n) is 14.0. The van der Waals surface area contributed by atoms with Crippen LogP contribution in [-0.4, -0.2) is 41.6 Å². The van der Waals surface area contributed by atoms with E-state index in [4.69, 9.17) is 8.96 Å². The Hall–Kier alpha value is 0.490. The molecule has 0 heterocycles. The van der Waals surface area contributed by atoms with Crippen LogP contribution >= 0.6 is 0 Å². The summed E-state index contributed by atoms with van der Waals surface area (Å²) in [5, 5.41) is 9.58. The van der Waals surface area contributed by atoms with Crippen molar-refractivity contribution >= 4 is 23.3 Å². The van der Waals surface area contributed by atoms with Gasteiger partial charge in [0.15, 0.2) is 0 Å². The number of unbranched alkanes of at least 4 members (excludes halogenated alkanes) is 11. The summed E-state index contributed by atoms with van der Waals surface area (Å²) in [6.45, 7) is 2.26. The molecule has 21 heavy (non-hydrogen) atoms. The van der Waals surface area contributed by atoms with Crippen molar-refractivity contribution in [2.45, 2.75) is 93.9 Å². The Kier molecular flexibility index (Phi) is 17.2. The fourth-order valence-electron chi connectivity index (χ4n) is 2.41. The maximum atomic E-state index is 9.58. The van der Waals surface area contributed by atoms with Crippen molar-refractivity contribution in [3.63, 3.8) is 0 Å². The molecule has 0 spiro atoms. The molecular formula is C17H36InNO2. The van der Waals surface area contributed by atoms with Crippen LogP contribution in [0, 0.1) is 0 Å². The predicted octanol–water partition coefficient (Wildman–Crippen LogP) is 3.23. The van der Waals surface area contributed by atoms with Crippen molar-refractivity contribution in [2.24, 2.45) is 5.73 Å². The van der Waals surface area contributed by atoms with E-state index in [0.717, 1.165) is 6.42 Å². The minimum absolute atomic E-state index is 0.347. The van der Waals surface area contributed by atoms with E-state index >= 15 is 0 Å². The van der Waals surface area contributed by atoms with Crippen LogP contribution in [0.4, 0.5) is 0 Å². The van der Waals surface area contributed by atoms with Crippen LogP contribution in [0.3, 0.4) is 0 Å². The van der Waals surface area contributed by atoms with Crippen molar-refractivity contribution in [1.29, 1.82) is 0 Å². The average Bonchev–Trinajstić information content (AvgIpc) is 2.50. The zero-order valence-corrected chi connectivity index (χ0v) is 18.0. The molecule has 0 saturated heterocycles. The van der Waals surface area contributed by atoms with Crippen molar-refractivity contribution < 1.29 is 8.33 Å². The van der Waals surface area contributed by atoms with E-state index in [1.54, 1.807) is 6.08 Å². The molecule has 0 fully saturated rings. The second-order valence-corrected chi connectivity index (χ2v) is 9.82. The van der Waals surface area contributed by atoms with Gasteiger partial charge in [-0.15, -0.1) is 0 Å². The van der Waals surface area contributed by atoms with Gasteiger partial charge >= 0.3 is 111 Å². The molecule has 0 aliphatic rings. The molecule has 0 aliphatic heterocycles. The third-order valence-electron chi connectivity index (χ3n) is 3.96. The molecular weight excluding hydrogens is 365 g/mol. The molecule has 0 saturated carbocycles. The summed E-state index contributed by atoms with van der Waals surface area (Å²) in [6, 6.07) is 0. The Morgan fingerprint density at radius 3 is 1.86 bits per heavy atom. The first-order valence-electron chi connectivity index (χ1n) is 8.93. The molecule has 124 valence electrons. The monoisotopic (exact) mass is 401 g/mol. The summed E-state index contributed by atoms with van der Waals surface area (Å²) >= 11 is -1.87. The molecule has 4 N–H and O–H groups in total. The van der Waals surface area contributed by atoms with Crippen molar-refractivity contribution in [3.8, 4) is 0 Å². The Balaban J connectivity index is 3.20. The molecule has 0 rings (SSSR count). The SMILES string of the molecule is CCCCCCCCCCCCC/C=C/[C@@H](O)[C@@H](N)[InH][OH]. The second kappa shape index (κ2) is 16.9. The van der Waals surface area contributed by atoms with Gasteiger partial charge in [0.25, 0.3) is 0 Å². The summed E-state index contributed by atoms with van der Waals surface area (Å²) < 4.78 is 8.65. The Labute approximate surface area is 143 Å². The number of rotatable bonds is 15. The summed E-state index contributed by atoms with van der Waals surface area (Å²) in [5.41, 5.74) is 5.61. The number of aliphatic hydroxyl groups is 1. The molecule has 0 unspecified atom stereocenters. The van der Waals surface area contributed by atoms with E-state index in [1.165, 1.54) is 70.6 Å². The number of hydrogen-bond donors (Lipinski definition) is 3. The van der Waals surface area contributed by atoms with Crippen LogP contribution in [0.15, 0.2) is 12.2 Å². The normalized spacial score (nSPS) is 14.5. The fraction of sp³-hybridized carbons (Fsp3) is 0.882. The molecule has 4 heteroatoms. The molecule has 0 radical (unpaired) electrons. The van der Waals surface area contributed by atoms with Crippen LogP contribution < -0.4 is 5.73 Å². The number of allylic oxidation sites excluding steroid dienone is 1. The topological polar surface area (TPSA) is 66.5 Å². The van der Waals surface area contributed by atoms with Crippen LogP contribution in [0.5, 0.6) is 0 Å². The number of hydrogen-bond acceptors (Lipinski definition) is 3. The molecule has 0 aromatic carbocycles. The molecule has 0 aromatic rings. The van der Waals surface area contributed by atoms with Gasteiger partial charge < -0.3 is 0 Å². The van der Waals surface area contributed by atoms with E-state index in [9.17, 15) is 5.11 Å². The van der Waals surface area contributed by atoms with Crippen molar-refractivity contribution in [3.05, 3.63) is 12.2 Å². The molecule has 2 atom stereocenters. The Morgan fingerprint density at radius 2 is 1.38 bits per heavy atom. The van der Waals surface area contributed by atoms with Crippen LogP contribution in [0.1, 0.15) is 84.0 Å². The van der Waals surface area contributed by atoms with Crippen molar-refractivity contribution in [1.82, 2.24) is 0 Å². The number of nitrogens with two attached hydrogens (primary N) is 1. The van der Waals surface area contributed by atoms with Crippen molar-refractivity contribution in [2.75, 3.05) is 0 Å². The Morgan fingerprint density at radius 1 is 0.905 bits per heavy atom. The summed E-state index contributed by atoms with van der Waals surface area (Å²) in [4.78, 5) is 0. The second-order valence-electron chi connectivity index (χ2n) is 6.09.